The Morgan fingerprint density at radius 1 is 1.30 bits per heavy atom. The third kappa shape index (κ3) is 3.96. The predicted octanol–water partition coefficient (Wildman–Crippen LogP) is 2.81. The molecule has 0 fully saturated rings. The molecule has 1 aromatic carbocycles. The number of carbonyl (C=O) groups excluding carboxylic acids is 2. The van der Waals surface area contributed by atoms with E-state index < -0.39 is 18.0 Å². The summed E-state index contributed by atoms with van der Waals surface area (Å²) in [5, 5.41) is 5.83. The third-order valence-corrected chi connectivity index (χ3v) is 4.14. The van der Waals surface area contributed by atoms with E-state index in [0.717, 1.165) is 0 Å². The number of rotatable bonds is 5. The number of allylic oxidation sites excluding steroid dienone is 1. The van der Waals surface area contributed by atoms with E-state index in [0.29, 0.717) is 16.3 Å². The van der Waals surface area contributed by atoms with Crippen molar-refractivity contribution >= 4 is 35.2 Å². The van der Waals surface area contributed by atoms with E-state index in [1.54, 1.807) is 25.1 Å². The molecule has 0 aliphatic carbocycles. The summed E-state index contributed by atoms with van der Waals surface area (Å²) in [7, 11) is 1.51. The van der Waals surface area contributed by atoms with E-state index in [4.69, 9.17) is 32.7 Å². The van der Waals surface area contributed by atoms with Crippen molar-refractivity contribution in [2.45, 2.75) is 13.0 Å². The molecule has 0 bridgehead atoms. The molecule has 1 atom stereocenters. The van der Waals surface area contributed by atoms with Crippen molar-refractivity contribution in [3.63, 3.8) is 0 Å². The fourth-order valence-electron chi connectivity index (χ4n) is 2.24. The molecule has 2 rings (SSSR count). The van der Waals surface area contributed by atoms with Crippen molar-refractivity contribution in [3.8, 4) is 0 Å². The van der Waals surface area contributed by atoms with E-state index in [9.17, 15) is 9.59 Å². The van der Waals surface area contributed by atoms with Gasteiger partial charge in [0.05, 0.1) is 28.3 Å². The highest BCUT2D eigenvalue weighted by Crippen LogP contribution is 2.35. The van der Waals surface area contributed by atoms with Crippen LogP contribution in [-0.2, 0) is 14.3 Å². The molecular weight excluding hydrogens is 343 g/mol. The summed E-state index contributed by atoms with van der Waals surface area (Å²) in [5.74, 6) is -0.562. The van der Waals surface area contributed by atoms with E-state index in [-0.39, 0.29) is 23.8 Å². The summed E-state index contributed by atoms with van der Waals surface area (Å²) in [6, 6.07) is 3.84. The lowest BCUT2D eigenvalue weighted by atomic mass is 9.95. The van der Waals surface area contributed by atoms with Crippen molar-refractivity contribution in [2.24, 2.45) is 0 Å². The standard InChI is InChI=1S/C15H16Cl2N2O4/c1-8-11(14(20)23-7-6-22-2)13(19-15(21)18-8)9-4-3-5-10(16)12(9)17/h3-5,13H,6-7H2,1-2H3,(H2,18,19,21)/t13-/m1/s1. The van der Waals surface area contributed by atoms with Gasteiger partial charge in [0.15, 0.2) is 0 Å². The molecule has 1 aliphatic rings. The van der Waals surface area contributed by atoms with Crippen molar-refractivity contribution in [1.82, 2.24) is 10.6 Å². The van der Waals surface area contributed by atoms with Gasteiger partial charge in [-0.15, -0.1) is 0 Å². The van der Waals surface area contributed by atoms with Gasteiger partial charge in [-0.2, -0.15) is 0 Å². The Hall–Kier alpha value is -1.76. The second-order valence-electron chi connectivity index (χ2n) is 4.84. The molecule has 2 amide bonds. The number of esters is 1. The van der Waals surface area contributed by atoms with Gasteiger partial charge in [-0.05, 0) is 18.6 Å². The van der Waals surface area contributed by atoms with Crippen LogP contribution in [0.2, 0.25) is 10.0 Å². The van der Waals surface area contributed by atoms with Crippen LogP contribution in [0, 0.1) is 0 Å². The average Bonchev–Trinajstić information content (AvgIpc) is 2.49. The molecule has 1 aromatic rings. The maximum Gasteiger partial charge on any atom is 0.338 e. The Balaban J connectivity index is 2.38. The van der Waals surface area contributed by atoms with Gasteiger partial charge in [-0.25, -0.2) is 9.59 Å². The molecule has 23 heavy (non-hydrogen) atoms. The van der Waals surface area contributed by atoms with Crippen LogP contribution < -0.4 is 10.6 Å². The first-order valence-electron chi connectivity index (χ1n) is 6.84. The lowest BCUT2D eigenvalue weighted by Crippen LogP contribution is -2.45. The summed E-state index contributed by atoms with van der Waals surface area (Å²) < 4.78 is 10.0. The largest absolute Gasteiger partial charge is 0.460 e. The van der Waals surface area contributed by atoms with Gasteiger partial charge >= 0.3 is 12.0 Å². The Kier molecular flexibility index (Phi) is 5.87. The monoisotopic (exact) mass is 358 g/mol. The number of carbonyl (C=O) groups is 2. The minimum Gasteiger partial charge on any atom is -0.460 e. The fraction of sp³-hybridized carbons (Fsp3) is 0.333. The van der Waals surface area contributed by atoms with Gasteiger partial charge in [-0.1, -0.05) is 35.3 Å². The fourth-order valence-corrected chi connectivity index (χ4v) is 2.65. The Labute approximate surface area is 143 Å². The van der Waals surface area contributed by atoms with E-state index >= 15 is 0 Å². The number of amides is 2. The van der Waals surface area contributed by atoms with Gasteiger partial charge in [0.2, 0.25) is 0 Å². The normalized spacial score (nSPS) is 17.6. The number of ether oxygens (including phenoxy) is 2. The van der Waals surface area contributed by atoms with Crippen LogP contribution in [0.4, 0.5) is 4.79 Å². The molecule has 0 aromatic heterocycles. The molecule has 1 aliphatic heterocycles. The van der Waals surface area contributed by atoms with Gasteiger partial charge < -0.3 is 20.1 Å². The Morgan fingerprint density at radius 3 is 2.74 bits per heavy atom. The molecule has 0 spiro atoms. The average molecular weight is 359 g/mol. The summed E-state index contributed by atoms with van der Waals surface area (Å²) in [6.07, 6.45) is 0. The SMILES string of the molecule is COCCOC(=O)C1=C(C)NC(=O)N[C@@H]1c1cccc(Cl)c1Cl. The molecular formula is C15H16Cl2N2O4. The first-order valence-corrected chi connectivity index (χ1v) is 7.59. The van der Waals surface area contributed by atoms with E-state index in [2.05, 4.69) is 10.6 Å². The number of hydrogen-bond donors (Lipinski definition) is 2. The van der Waals surface area contributed by atoms with Gasteiger partial charge in [-0.3, -0.25) is 0 Å². The van der Waals surface area contributed by atoms with Crippen molar-refractivity contribution in [1.29, 1.82) is 0 Å². The lowest BCUT2D eigenvalue weighted by molar-refractivity contribution is -0.140. The Morgan fingerprint density at radius 2 is 2.04 bits per heavy atom. The predicted molar refractivity (Wildman–Crippen MR) is 86.4 cm³/mol. The first kappa shape index (κ1) is 17.6. The highest BCUT2D eigenvalue weighted by Gasteiger charge is 2.33. The maximum atomic E-state index is 12.4. The minimum atomic E-state index is -0.745. The quantitative estimate of drug-likeness (QED) is 0.626. The van der Waals surface area contributed by atoms with Gasteiger partial charge in [0, 0.05) is 12.8 Å². The zero-order valence-corrected chi connectivity index (χ0v) is 14.1. The molecule has 8 heteroatoms. The second-order valence-corrected chi connectivity index (χ2v) is 5.63. The molecule has 0 unspecified atom stereocenters. The number of nitrogens with one attached hydrogen (secondary N) is 2. The topological polar surface area (TPSA) is 76.7 Å². The number of benzene rings is 1. The zero-order valence-electron chi connectivity index (χ0n) is 12.6. The zero-order chi connectivity index (χ0) is 17.0. The minimum absolute atomic E-state index is 0.107. The molecule has 0 saturated carbocycles. The van der Waals surface area contributed by atoms with Crippen LogP contribution in [-0.4, -0.2) is 32.3 Å². The molecule has 6 nitrogen and oxygen atoms in total. The summed E-state index contributed by atoms with van der Waals surface area (Å²) >= 11 is 12.2. The number of halogens is 2. The van der Waals surface area contributed by atoms with Gasteiger partial charge in [0.25, 0.3) is 0 Å². The first-order chi connectivity index (χ1) is 11.0. The number of methoxy groups -OCH3 is 1. The van der Waals surface area contributed by atoms with Gasteiger partial charge in [0.1, 0.15) is 6.61 Å². The summed E-state index contributed by atoms with van der Waals surface area (Å²) in [5.41, 5.74) is 1.19. The number of urea groups is 1. The molecule has 0 saturated heterocycles. The van der Waals surface area contributed by atoms with E-state index in [1.807, 2.05) is 0 Å². The maximum absolute atomic E-state index is 12.4. The third-order valence-electron chi connectivity index (χ3n) is 3.30. The highest BCUT2D eigenvalue weighted by molar-refractivity contribution is 6.42. The van der Waals surface area contributed by atoms with Crippen molar-refractivity contribution in [2.75, 3.05) is 20.3 Å². The van der Waals surface area contributed by atoms with Crippen LogP contribution in [0.5, 0.6) is 0 Å². The lowest BCUT2D eigenvalue weighted by Gasteiger charge is -2.28. The van der Waals surface area contributed by atoms with Crippen LogP contribution in [0.1, 0.15) is 18.5 Å². The number of hydrogen-bond acceptors (Lipinski definition) is 4. The smallest absolute Gasteiger partial charge is 0.338 e. The highest BCUT2D eigenvalue weighted by atomic mass is 35.5. The molecule has 2 N–H and O–H groups in total. The molecule has 0 radical (unpaired) electrons. The van der Waals surface area contributed by atoms with E-state index in [1.165, 1.54) is 7.11 Å². The van der Waals surface area contributed by atoms with Crippen LogP contribution in [0.3, 0.4) is 0 Å². The van der Waals surface area contributed by atoms with Crippen molar-refractivity contribution < 1.29 is 19.1 Å². The second kappa shape index (κ2) is 7.68. The summed E-state index contributed by atoms with van der Waals surface area (Å²) in [4.78, 5) is 24.1. The summed E-state index contributed by atoms with van der Waals surface area (Å²) in [6.45, 7) is 2.01. The molecule has 124 valence electrons. The Bertz CT molecular complexity index is 661. The van der Waals surface area contributed by atoms with Crippen molar-refractivity contribution in [3.05, 3.63) is 45.1 Å². The van der Waals surface area contributed by atoms with Crippen LogP contribution in [0.25, 0.3) is 0 Å². The molecule has 1 heterocycles. The van der Waals surface area contributed by atoms with Crippen LogP contribution >= 0.6 is 23.2 Å². The van der Waals surface area contributed by atoms with Crippen LogP contribution in [0.15, 0.2) is 29.5 Å².